The van der Waals surface area contributed by atoms with Gasteiger partial charge in [-0.05, 0) is 28.2 Å². The van der Waals surface area contributed by atoms with E-state index in [9.17, 15) is 0 Å². The van der Waals surface area contributed by atoms with E-state index in [4.69, 9.17) is 18.6 Å². The fourth-order valence-electron chi connectivity index (χ4n) is 3.42. The Hall–Kier alpha value is -1.22. The second-order valence-electron chi connectivity index (χ2n) is 6.38. The quantitative estimate of drug-likeness (QED) is 0.278. The molecular weight excluding hydrogens is 421 g/mol. The van der Waals surface area contributed by atoms with E-state index in [-0.39, 0.29) is 6.15 Å². The molecule has 4 heteroatoms. The molecule has 0 bridgehead atoms. The molecule has 0 spiro atoms. The summed E-state index contributed by atoms with van der Waals surface area (Å²) in [5.74, 6) is 0.937. The van der Waals surface area contributed by atoms with Gasteiger partial charge in [0.15, 0.2) is 0 Å². The molecule has 1 aliphatic rings. The third kappa shape index (κ3) is 6.41. The largest absolute Gasteiger partial charge is 0.693 e. The van der Waals surface area contributed by atoms with E-state index < -0.39 is 17.0 Å². The van der Waals surface area contributed by atoms with Crippen LogP contribution in [-0.2, 0) is 17.0 Å². The molecule has 0 saturated carbocycles. The molecule has 1 nitrogen and oxygen atoms in total. The summed E-state index contributed by atoms with van der Waals surface area (Å²) in [6.07, 6.45) is 1.12. The van der Waals surface area contributed by atoms with Crippen molar-refractivity contribution in [2.75, 3.05) is 0 Å². The van der Waals surface area contributed by atoms with Crippen LogP contribution in [0.25, 0.3) is 17.3 Å². The Morgan fingerprint density at radius 3 is 1.57 bits per heavy atom. The number of nitrogens with two attached hydrogens (primary N) is 1. The Morgan fingerprint density at radius 1 is 0.821 bits per heavy atom. The van der Waals surface area contributed by atoms with Crippen molar-refractivity contribution in [3.63, 3.8) is 0 Å². The van der Waals surface area contributed by atoms with Gasteiger partial charge in [-0.15, -0.1) is 12.1 Å². The van der Waals surface area contributed by atoms with Crippen LogP contribution in [0.2, 0.25) is 0 Å². The first-order valence-electron chi connectivity index (χ1n) is 8.98. The topological polar surface area (TPSA) is 33.5 Å². The molecule has 28 heavy (non-hydrogen) atoms. The molecule has 148 valence electrons. The van der Waals surface area contributed by atoms with Crippen molar-refractivity contribution < 1.29 is 17.0 Å². The van der Waals surface area contributed by atoms with E-state index in [1.807, 2.05) is 30.3 Å². The molecule has 0 radical (unpaired) electrons. The van der Waals surface area contributed by atoms with Crippen molar-refractivity contribution in [2.24, 2.45) is 5.92 Å². The zero-order valence-electron chi connectivity index (χ0n) is 16.1. The summed E-state index contributed by atoms with van der Waals surface area (Å²) >= 11 is -0.556. The van der Waals surface area contributed by atoms with E-state index in [1.165, 1.54) is 22.3 Å². The van der Waals surface area contributed by atoms with Gasteiger partial charge in [0, 0.05) is 0 Å². The molecule has 3 aromatic rings. The molecule has 1 atom stereocenters. The van der Waals surface area contributed by atoms with Crippen LogP contribution in [-0.4, -0.2) is 0 Å². The van der Waals surface area contributed by atoms with Crippen molar-refractivity contribution in [3.8, 4) is 11.1 Å². The van der Waals surface area contributed by atoms with Crippen LogP contribution in [0.4, 0.5) is 0 Å². The van der Waals surface area contributed by atoms with E-state index in [1.54, 1.807) is 0 Å². The van der Waals surface area contributed by atoms with Crippen LogP contribution in [0.15, 0.2) is 78.9 Å². The zero-order valence-corrected chi connectivity index (χ0v) is 19.2. The van der Waals surface area contributed by atoms with Gasteiger partial charge in [0.05, 0.1) is 0 Å². The minimum Gasteiger partial charge on any atom is -0.693 e. The van der Waals surface area contributed by atoms with E-state index in [0.29, 0.717) is 11.8 Å². The molecule has 3 aromatic carbocycles. The maximum absolute atomic E-state index is 4.89. The van der Waals surface area contributed by atoms with Crippen molar-refractivity contribution >= 4 is 18.6 Å². The van der Waals surface area contributed by atoms with Gasteiger partial charge in [-0.2, -0.15) is 30.5 Å². The predicted octanol–water partition coefficient (Wildman–Crippen LogP) is 8.62. The predicted molar refractivity (Wildman–Crippen MR) is 121 cm³/mol. The minimum atomic E-state index is -0.556. The molecule has 0 amide bonds. The van der Waals surface area contributed by atoms with Gasteiger partial charge in [0.25, 0.3) is 0 Å². The Bertz CT molecular complexity index is 778. The summed E-state index contributed by atoms with van der Waals surface area (Å²) in [7, 11) is 9.78. The molecule has 0 heterocycles. The van der Waals surface area contributed by atoms with Gasteiger partial charge in [0.1, 0.15) is 0 Å². The average molecular weight is 447 g/mol. The number of hydrogen-bond acceptors (Lipinski definition) is 0. The van der Waals surface area contributed by atoms with Crippen LogP contribution < -0.4 is 0 Å². The molecule has 2 N–H and O–H groups in total. The summed E-state index contributed by atoms with van der Waals surface area (Å²) in [6, 6.07) is 27.4. The van der Waals surface area contributed by atoms with Crippen molar-refractivity contribution in [1.29, 1.82) is 0 Å². The first kappa shape index (κ1) is 24.8. The minimum absolute atomic E-state index is 0. The van der Waals surface area contributed by atoms with Crippen molar-refractivity contribution in [2.45, 2.75) is 19.3 Å². The van der Waals surface area contributed by atoms with Crippen molar-refractivity contribution in [3.05, 3.63) is 116 Å². The molecule has 1 unspecified atom stereocenters. The molecule has 0 aromatic heterocycles. The first-order valence-corrected chi connectivity index (χ1v) is 13.3. The van der Waals surface area contributed by atoms with Gasteiger partial charge in [0.2, 0.25) is 0 Å². The van der Waals surface area contributed by atoms with Crippen LogP contribution in [0.1, 0.15) is 36.0 Å². The molecule has 1 aliphatic carbocycles. The number of hydrogen-bond donors (Lipinski definition) is 0. The molecule has 0 fully saturated rings. The third-order valence-electron chi connectivity index (χ3n) is 4.72. The molecule has 0 saturated heterocycles. The fourth-order valence-corrected chi connectivity index (χ4v) is 3.42. The van der Waals surface area contributed by atoms with Gasteiger partial charge >= 0.3 is 35.6 Å². The second-order valence-corrected chi connectivity index (χ2v) is 8.96. The molecular formula is C24H26Cl2NTi-3. The van der Waals surface area contributed by atoms with Gasteiger partial charge in [-0.1, -0.05) is 67.9 Å². The maximum atomic E-state index is 4.89. The zero-order chi connectivity index (χ0) is 19.6. The van der Waals surface area contributed by atoms with Gasteiger partial charge < -0.3 is 13.1 Å². The molecule has 0 aliphatic heterocycles. The van der Waals surface area contributed by atoms with Crippen LogP contribution >= 0.6 is 18.6 Å². The fraction of sp³-hybridized carbons (Fsp3) is 0.167. The number of benzene rings is 3. The van der Waals surface area contributed by atoms with Crippen LogP contribution in [0, 0.1) is 19.8 Å². The smallest absolute Gasteiger partial charge is 0.693 e. The normalized spacial score (nSPS) is 12.0. The number of fused-ring (bicyclic) bond motifs is 3. The number of halogens is 2. The maximum Gasteiger partial charge on any atom is -0.693 e. The van der Waals surface area contributed by atoms with Gasteiger partial charge in [-0.3, -0.25) is 0 Å². The standard InChI is InChI=1S/C17H17.C7H7.2ClH.H2N.Ti/c1-3-12(2)17-15-10-6-4-8-13(15)14-9-5-7-11-16(14)17;1-7-5-3-2-4-6-7;;;;/h4-12,17H,2-3H2,1H3;2-6H,1H2;2*1H;1H2;/q2*-1;;;-1;+2/p-2. The Labute approximate surface area is 186 Å². The van der Waals surface area contributed by atoms with E-state index in [0.717, 1.165) is 12.0 Å². The monoisotopic (exact) mass is 446 g/mol. The summed E-state index contributed by atoms with van der Waals surface area (Å²) in [5, 5.41) is 0. The Balaban J connectivity index is 0.000000300. The Kier molecular flexibility index (Phi) is 11.6. The first-order chi connectivity index (χ1) is 13.1. The SMILES string of the molecule is [CH2-]C(CC)C1c2ccccc2-c2ccccc21.[CH2-]c1ccccc1.[Cl][Ti][Cl].[NH2-]. The van der Waals surface area contributed by atoms with Crippen molar-refractivity contribution in [1.82, 2.24) is 0 Å². The van der Waals surface area contributed by atoms with E-state index >= 15 is 0 Å². The third-order valence-corrected chi connectivity index (χ3v) is 4.72. The second kappa shape index (κ2) is 13.1. The average Bonchev–Trinajstić information content (AvgIpc) is 3.04. The van der Waals surface area contributed by atoms with Gasteiger partial charge in [-0.25, -0.2) is 0 Å². The van der Waals surface area contributed by atoms with Crippen LogP contribution in [0.3, 0.4) is 0 Å². The summed E-state index contributed by atoms with van der Waals surface area (Å²) in [4.78, 5) is 0. The Morgan fingerprint density at radius 2 is 1.21 bits per heavy atom. The number of rotatable bonds is 2. The summed E-state index contributed by atoms with van der Waals surface area (Å²) in [5.41, 5.74) is 6.78. The summed E-state index contributed by atoms with van der Waals surface area (Å²) < 4.78 is 0. The van der Waals surface area contributed by atoms with Crippen LogP contribution in [0.5, 0.6) is 0 Å². The molecule has 4 rings (SSSR count). The van der Waals surface area contributed by atoms with E-state index in [2.05, 4.69) is 69.3 Å². The summed E-state index contributed by atoms with van der Waals surface area (Å²) in [6.45, 7) is 10.3.